The van der Waals surface area contributed by atoms with Gasteiger partial charge in [-0.3, -0.25) is 9.69 Å². The molecular formula is C24H24F3N7O2. The average molecular weight is 499 g/mol. The molecule has 2 heterocycles. The zero-order valence-electron chi connectivity index (χ0n) is 19.5. The largest absolute Gasteiger partial charge is 0.370 e. The van der Waals surface area contributed by atoms with Gasteiger partial charge in [-0.2, -0.15) is 5.26 Å². The lowest BCUT2D eigenvalue weighted by Crippen LogP contribution is -2.59. The van der Waals surface area contributed by atoms with Crippen LogP contribution in [0.15, 0.2) is 39.6 Å². The minimum atomic E-state index is -0.796. The van der Waals surface area contributed by atoms with Gasteiger partial charge in [0.2, 0.25) is 5.91 Å². The Labute approximate surface area is 205 Å². The number of morpholine rings is 1. The van der Waals surface area contributed by atoms with Crippen LogP contribution in [0.3, 0.4) is 0 Å². The summed E-state index contributed by atoms with van der Waals surface area (Å²) in [5, 5.41) is 15.5. The second kappa shape index (κ2) is 10.8. The maximum atomic E-state index is 14.5. The second-order valence-electron chi connectivity index (χ2n) is 8.61. The molecule has 2 aliphatic heterocycles. The van der Waals surface area contributed by atoms with Crippen molar-refractivity contribution in [2.24, 2.45) is 21.2 Å². The number of carbonyl (C=O) groups excluding carboxylic acids is 1. The second-order valence-corrected chi connectivity index (χ2v) is 8.61. The van der Waals surface area contributed by atoms with Crippen molar-refractivity contribution in [1.82, 2.24) is 9.80 Å². The SMILES string of the molecule is Cc1c([C@@H]2CN3CCN(C(=O)Cc4cc(F)c(N=CN=NN)cc4F)C[C@@H]3CO2)ccc(F)c1C#N. The molecule has 188 valence electrons. The number of rotatable bonds is 5. The van der Waals surface area contributed by atoms with Crippen molar-refractivity contribution in [2.45, 2.75) is 25.5 Å². The molecule has 4 rings (SSSR count). The first-order chi connectivity index (χ1) is 17.3. The highest BCUT2D eigenvalue weighted by Crippen LogP contribution is 2.31. The molecule has 2 aromatic rings. The summed E-state index contributed by atoms with van der Waals surface area (Å²) in [6.45, 7) is 3.95. The van der Waals surface area contributed by atoms with E-state index in [1.54, 1.807) is 17.9 Å². The van der Waals surface area contributed by atoms with Crippen LogP contribution in [0, 0.1) is 35.7 Å². The summed E-state index contributed by atoms with van der Waals surface area (Å²) >= 11 is 0. The zero-order valence-corrected chi connectivity index (χ0v) is 19.5. The summed E-state index contributed by atoms with van der Waals surface area (Å²) in [5.41, 5.74) is 0.986. The summed E-state index contributed by atoms with van der Waals surface area (Å²) in [6.07, 6.45) is 0.274. The maximum Gasteiger partial charge on any atom is 0.227 e. The van der Waals surface area contributed by atoms with Crippen LogP contribution in [-0.2, 0) is 16.0 Å². The molecule has 0 saturated carbocycles. The average Bonchev–Trinajstić information content (AvgIpc) is 2.86. The lowest BCUT2D eigenvalue weighted by molar-refractivity contribution is -0.139. The molecular weight excluding hydrogens is 475 g/mol. The van der Waals surface area contributed by atoms with Gasteiger partial charge in [-0.05, 0) is 30.2 Å². The first kappa shape index (κ1) is 25.3. The number of amides is 1. The molecule has 0 unspecified atom stereocenters. The molecule has 12 heteroatoms. The number of ether oxygens (including phenoxy) is 1. The molecule has 0 bridgehead atoms. The molecule has 2 saturated heterocycles. The fourth-order valence-corrected chi connectivity index (χ4v) is 4.58. The third-order valence-corrected chi connectivity index (χ3v) is 6.53. The molecule has 9 nitrogen and oxygen atoms in total. The number of carbonyl (C=O) groups is 1. The summed E-state index contributed by atoms with van der Waals surface area (Å²) in [5.74, 6) is 2.40. The number of hydrogen-bond donors (Lipinski definition) is 1. The van der Waals surface area contributed by atoms with E-state index >= 15 is 0 Å². The van der Waals surface area contributed by atoms with E-state index < -0.39 is 17.5 Å². The third kappa shape index (κ3) is 5.22. The van der Waals surface area contributed by atoms with Crippen LogP contribution in [-0.4, -0.2) is 60.9 Å². The van der Waals surface area contributed by atoms with Gasteiger partial charge in [0, 0.05) is 37.8 Å². The number of aliphatic imine (C=N–C) groups is 1. The number of benzene rings is 2. The molecule has 0 radical (unpaired) electrons. The van der Waals surface area contributed by atoms with Crippen LogP contribution in [0.1, 0.15) is 28.4 Å². The minimum Gasteiger partial charge on any atom is -0.370 e. The quantitative estimate of drug-likeness (QED) is 0.223. The molecule has 2 aliphatic rings. The molecule has 0 spiro atoms. The van der Waals surface area contributed by atoms with E-state index in [4.69, 9.17) is 10.6 Å². The number of nitrogens with zero attached hydrogens (tertiary/aromatic N) is 6. The highest BCUT2D eigenvalue weighted by molar-refractivity contribution is 5.79. The highest BCUT2D eigenvalue weighted by atomic mass is 19.1. The van der Waals surface area contributed by atoms with E-state index in [1.807, 2.05) is 6.07 Å². The van der Waals surface area contributed by atoms with Gasteiger partial charge < -0.3 is 15.5 Å². The van der Waals surface area contributed by atoms with Crippen LogP contribution < -0.4 is 5.84 Å². The molecule has 2 fully saturated rings. The molecule has 0 aromatic heterocycles. The fourth-order valence-electron chi connectivity index (χ4n) is 4.58. The standard InChI is InChI=1S/C24H24F3N7O2/c1-14-17(2-3-19(25)18(14)9-28)23-11-33-4-5-34(10-16(33)12-36-23)24(35)7-15-6-21(27)22(8-20(15)26)30-13-31-32-29/h2-3,6,8,13,16,23H,4-5,7,10-12H2,1H3,(H2,29,30,31)/t16-,23+/m1/s1. The van der Waals surface area contributed by atoms with Gasteiger partial charge in [0.1, 0.15) is 35.5 Å². The Morgan fingerprint density at radius 1 is 1.22 bits per heavy atom. The topological polar surface area (TPSA) is 120 Å². The van der Waals surface area contributed by atoms with Gasteiger partial charge in [-0.15, -0.1) is 5.11 Å². The van der Waals surface area contributed by atoms with Crippen LogP contribution in [0.2, 0.25) is 0 Å². The number of halogens is 3. The summed E-state index contributed by atoms with van der Waals surface area (Å²) < 4.78 is 48.7. The van der Waals surface area contributed by atoms with E-state index in [0.717, 1.165) is 24.0 Å². The van der Waals surface area contributed by atoms with Crippen molar-refractivity contribution in [3.63, 3.8) is 0 Å². The van der Waals surface area contributed by atoms with Crippen LogP contribution in [0.25, 0.3) is 0 Å². The number of fused-ring (bicyclic) bond motifs is 1. The van der Waals surface area contributed by atoms with Crippen LogP contribution in [0.4, 0.5) is 18.9 Å². The molecule has 2 N–H and O–H groups in total. The lowest BCUT2D eigenvalue weighted by atomic mass is 9.96. The molecule has 2 aromatic carbocycles. The van der Waals surface area contributed by atoms with Gasteiger partial charge in [0.15, 0.2) is 0 Å². The predicted octanol–water partition coefficient (Wildman–Crippen LogP) is 3.10. The number of piperazine rings is 1. The Bertz CT molecular complexity index is 1260. The highest BCUT2D eigenvalue weighted by Gasteiger charge is 2.36. The Morgan fingerprint density at radius 3 is 2.78 bits per heavy atom. The fraction of sp³-hybridized carbons (Fsp3) is 0.375. The Morgan fingerprint density at radius 2 is 2.03 bits per heavy atom. The lowest BCUT2D eigenvalue weighted by Gasteiger charge is -2.46. The third-order valence-electron chi connectivity index (χ3n) is 6.53. The normalized spacial score (nSPS) is 20.6. The van der Waals surface area contributed by atoms with E-state index in [9.17, 15) is 23.2 Å². The van der Waals surface area contributed by atoms with Gasteiger partial charge in [-0.25, -0.2) is 18.2 Å². The van der Waals surface area contributed by atoms with E-state index in [1.165, 1.54) is 6.07 Å². The molecule has 36 heavy (non-hydrogen) atoms. The maximum absolute atomic E-state index is 14.5. The first-order valence-corrected chi connectivity index (χ1v) is 11.2. The first-order valence-electron chi connectivity index (χ1n) is 11.2. The van der Waals surface area contributed by atoms with E-state index in [-0.39, 0.29) is 41.3 Å². The predicted molar refractivity (Wildman–Crippen MR) is 124 cm³/mol. The van der Waals surface area contributed by atoms with Crippen molar-refractivity contribution >= 4 is 17.9 Å². The van der Waals surface area contributed by atoms with Gasteiger partial charge in [-0.1, -0.05) is 11.3 Å². The Kier molecular flexibility index (Phi) is 7.61. The molecule has 1 amide bonds. The van der Waals surface area contributed by atoms with Gasteiger partial charge in [0.25, 0.3) is 0 Å². The van der Waals surface area contributed by atoms with E-state index in [0.29, 0.717) is 38.3 Å². The zero-order chi connectivity index (χ0) is 25.8. The molecule has 0 aliphatic carbocycles. The number of nitrogens with two attached hydrogens (primary N) is 1. The van der Waals surface area contributed by atoms with Crippen molar-refractivity contribution in [3.05, 3.63) is 64.0 Å². The Balaban J connectivity index is 1.39. The number of nitriles is 1. The monoisotopic (exact) mass is 499 g/mol. The van der Waals surface area contributed by atoms with Crippen molar-refractivity contribution in [3.8, 4) is 6.07 Å². The van der Waals surface area contributed by atoms with Crippen molar-refractivity contribution in [1.29, 1.82) is 5.26 Å². The molecule has 2 atom stereocenters. The van der Waals surface area contributed by atoms with Crippen LogP contribution >= 0.6 is 0 Å². The number of hydrogen-bond acceptors (Lipinski definition) is 6. The van der Waals surface area contributed by atoms with Crippen molar-refractivity contribution < 1.29 is 22.7 Å². The Hall–Kier alpha value is -3.82. The summed E-state index contributed by atoms with van der Waals surface area (Å²) in [7, 11) is 0. The summed E-state index contributed by atoms with van der Waals surface area (Å²) in [6, 6.07) is 6.60. The van der Waals surface area contributed by atoms with Gasteiger partial charge in [0.05, 0.1) is 30.7 Å². The minimum absolute atomic E-state index is 0.0122. The van der Waals surface area contributed by atoms with Crippen LogP contribution in [0.5, 0.6) is 0 Å². The summed E-state index contributed by atoms with van der Waals surface area (Å²) in [4.78, 5) is 20.3. The smallest absolute Gasteiger partial charge is 0.227 e. The van der Waals surface area contributed by atoms with Crippen molar-refractivity contribution in [2.75, 3.05) is 32.8 Å². The van der Waals surface area contributed by atoms with Gasteiger partial charge >= 0.3 is 0 Å². The van der Waals surface area contributed by atoms with E-state index in [2.05, 4.69) is 20.2 Å².